The molecular weight excluding hydrogens is 462 g/mol. The van der Waals surface area contributed by atoms with Crippen LogP contribution in [0, 0.1) is 0 Å². The van der Waals surface area contributed by atoms with E-state index in [2.05, 4.69) is 10.2 Å². The van der Waals surface area contributed by atoms with Gasteiger partial charge in [0.2, 0.25) is 0 Å². The summed E-state index contributed by atoms with van der Waals surface area (Å²) in [5, 5.41) is 8.19. The molecule has 0 bridgehead atoms. The van der Waals surface area contributed by atoms with Crippen molar-refractivity contribution in [3.8, 4) is 22.8 Å². The zero-order valence-electron chi connectivity index (χ0n) is 19.6. The Kier molecular flexibility index (Phi) is 6.47. The molecule has 35 heavy (non-hydrogen) atoms. The lowest BCUT2D eigenvalue weighted by Crippen LogP contribution is -2.29. The molecule has 0 fully saturated rings. The van der Waals surface area contributed by atoms with Crippen molar-refractivity contribution in [2.24, 2.45) is 0 Å². The molecule has 7 heteroatoms. The van der Waals surface area contributed by atoms with Crippen molar-refractivity contribution < 1.29 is 14.3 Å². The first-order valence-corrected chi connectivity index (χ1v) is 12.1. The number of aromatic amines is 1. The number of H-pyrrole nitrogens is 1. The maximum atomic E-state index is 13.6. The maximum absolute atomic E-state index is 13.6. The summed E-state index contributed by atoms with van der Waals surface area (Å²) >= 11 is 6.12. The SMILES string of the molecule is CCOc1ccc(C2c3c(-c4ccc(Cl)cc4)n[nH]c3C(=O)N2Cc2ccccc2)cc1OCC. The summed E-state index contributed by atoms with van der Waals surface area (Å²) in [6, 6.07) is 23.0. The summed E-state index contributed by atoms with van der Waals surface area (Å²) < 4.78 is 11.7. The fourth-order valence-corrected chi connectivity index (χ4v) is 4.68. The molecule has 2 heterocycles. The Bertz CT molecular complexity index is 1340. The molecule has 1 aromatic heterocycles. The Morgan fingerprint density at radius 2 is 1.66 bits per heavy atom. The molecule has 5 rings (SSSR count). The van der Waals surface area contributed by atoms with Gasteiger partial charge < -0.3 is 14.4 Å². The summed E-state index contributed by atoms with van der Waals surface area (Å²) in [5.41, 5.74) is 4.95. The molecule has 0 aliphatic carbocycles. The molecule has 0 saturated carbocycles. The Hall–Kier alpha value is -3.77. The number of ether oxygens (including phenoxy) is 2. The first kappa shape index (κ1) is 23.0. The van der Waals surface area contributed by atoms with Gasteiger partial charge >= 0.3 is 0 Å². The average Bonchev–Trinajstić information content (AvgIpc) is 3.41. The summed E-state index contributed by atoms with van der Waals surface area (Å²) in [4.78, 5) is 15.5. The predicted octanol–water partition coefficient (Wildman–Crippen LogP) is 6.27. The van der Waals surface area contributed by atoms with Crippen LogP contribution in [-0.4, -0.2) is 34.2 Å². The standard InChI is InChI=1S/C28H26ClN3O3/c1-3-34-22-15-12-20(16-23(22)35-4-2)27-24-25(19-10-13-21(29)14-11-19)30-31-26(24)28(33)32(27)17-18-8-6-5-7-9-18/h5-16,27H,3-4,17H2,1-2H3,(H,30,31). The predicted molar refractivity (Wildman–Crippen MR) is 136 cm³/mol. The van der Waals surface area contributed by atoms with Crippen LogP contribution >= 0.6 is 11.6 Å². The second-order valence-corrected chi connectivity index (χ2v) is 8.70. The molecule has 178 valence electrons. The van der Waals surface area contributed by atoms with Crippen LogP contribution in [0.15, 0.2) is 72.8 Å². The van der Waals surface area contributed by atoms with Crippen molar-refractivity contribution in [1.82, 2.24) is 15.1 Å². The number of nitrogens with zero attached hydrogens (tertiary/aromatic N) is 2. The highest BCUT2D eigenvalue weighted by Gasteiger charge is 2.42. The van der Waals surface area contributed by atoms with E-state index in [4.69, 9.17) is 21.1 Å². The molecule has 1 unspecified atom stereocenters. The second kappa shape index (κ2) is 9.84. The minimum absolute atomic E-state index is 0.0894. The molecule has 1 aliphatic heterocycles. The van der Waals surface area contributed by atoms with Crippen LogP contribution in [0.1, 0.15) is 47.1 Å². The van der Waals surface area contributed by atoms with Crippen molar-refractivity contribution in [3.63, 3.8) is 0 Å². The molecule has 1 aliphatic rings. The maximum Gasteiger partial charge on any atom is 0.273 e. The lowest BCUT2D eigenvalue weighted by atomic mass is 9.95. The minimum Gasteiger partial charge on any atom is -0.490 e. The number of hydrogen-bond donors (Lipinski definition) is 1. The van der Waals surface area contributed by atoms with Crippen LogP contribution in [0.5, 0.6) is 11.5 Å². The van der Waals surface area contributed by atoms with Gasteiger partial charge in [0, 0.05) is 22.7 Å². The van der Waals surface area contributed by atoms with E-state index in [0.29, 0.717) is 42.0 Å². The summed E-state index contributed by atoms with van der Waals surface area (Å²) in [6.07, 6.45) is 0. The number of benzene rings is 3. The van der Waals surface area contributed by atoms with E-state index >= 15 is 0 Å². The zero-order valence-corrected chi connectivity index (χ0v) is 20.4. The fraction of sp³-hybridized carbons (Fsp3) is 0.214. The van der Waals surface area contributed by atoms with E-state index in [1.165, 1.54) is 0 Å². The van der Waals surface area contributed by atoms with Gasteiger partial charge in [-0.15, -0.1) is 0 Å². The zero-order chi connectivity index (χ0) is 24.4. The first-order valence-electron chi connectivity index (χ1n) is 11.7. The number of carbonyl (C=O) groups excluding carboxylic acids is 1. The first-order chi connectivity index (χ1) is 17.1. The fourth-order valence-electron chi connectivity index (χ4n) is 4.55. The lowest BCUT2D eigenvalue weighted by Gasteiger charge is -2.27. The molecule has 0 radical (unpaired) electrons. The Morgan fingerprint density at radius 3 is 2.37 bits per heavy atom. The van der Waals surface area contributed by atoms with Gasteiger partial charge in [0.05, 0.1) is 24.9 Å². The number of hydrogen-bond acceptors (Lipinski definition) is 4. The summed E-state index contributed by atoms with van der Waals surface area (Å²) in [5.74, 6) is 1.25. The van der Waals surface area contributed by atoms with Crippen LogP contribution in [0.2, 0.25) is 5.02 Å². The van der Waals surface area contributed by atoms with Gasteiger partial charge in [-0.2, -0.15) is 5.10 Å². The van der Waals surface area contributed by atoms with Crippen LogP contribution in [0.25, 0.3) is 11.3 Å². The second-order valence-electron chi connectivity index (χ2n) is 8.26. The molecule has 1 N–H and O–H groups in total. The average molecular weight is 488 g/mol. The third-order valence-corrected chi connectivity index (χ3v) is 6.31. The summed E-state index contributed by atoms with van der Waals surface area (Å²) in [6.45, 7) is 5.39. The van der Waals surface area contributed by atoms with Crippen molar-refractivity contribution in [1.29, 1.82) is 0 Å². The molecule has 6 nitrogen and oxygen atoms in total. The molecule has 0 spiro atoms. The van der Waals surface area contributed by atoms with E-state index in [0.717, 1.165) is 27.9 Å². The summed E-state index contributed by atoms with van der Waals surface area (Å²) in [7, 11) is 0. The van der Waals surface area contributed by atoms with Gasteiger partial charge in [-0.3, -0.25) is 9.89 Å². The highest BCUT2D eigenvalue weighted by molar-refractivity contribution is 6.30. The number of carbonyl (C=O) groups is 1. The van der Waals surface area contributed by atoms with Crippen LogP contribution in [-0.2, 0) is 6.54 Å². The van der Waals surface area contributed by atoms with Crippen molar-refractivity contribution in [2.75, 3.05) is 13.2 Å². The highest BCUT2D eigenvalue weighted by Crippen LogP contribution is 2.45. The van der Waals surface area contributed by atoms with Crippen molar-refractivity contribution in [2.45, 2.75) is 26.4 Å². The van der Waals surface area contributed by atoms with Crippen LogP contribution in [0.3, 0.4) is 0 Å². The number of fused-ring (bicyclic) bond motifs is 1. The van der Waals surface area contributed by atoms with E-state index < -0.39 is 0 Å². The van der Waals surface area contributed by atoms with Gasteiger partial charge in [0.15, 0.2) is 11.5 Å². The molecule has 3 aromatic carbocycles. The van der Waals surface area contributed by atoms with Crippen LogP contribution in [0.4, 0.5) is 0 Å². The minimum atomic E-state index is -0.350. The van der Waals surface area contributed by atoms with E-state index in [1.54, 1.807) is 0 Å². The third-order valence-electron chi connectivity index (χ3n) is 6.06. The number of aromatic nitrogens is 2. The van der Waals surface area contributed by atoms with E-state index in [1.807, 2.05) is 91.5 Å². The van der Waals surface area contributed by atoms with Gasteiger partial charge in [0.25, 0.3) is 5.91 Å². The number of rotatable bonds is 8. The Morgan fingerprint density at radius 1 is 0.943 bits per heavy atom. The normalized spacial score (nSPS) is 14.8. The molecule has 4 aromatic rings. The molecule has 1 atom stereocenters. The topological polar surface area (TPSA) is 67.5 Å². The molecular formula is C28H26ClN3O3. The lowest BCUT2D eigenvalue weighted by molar-refractivity contribution is 0.0729. The Balaban J connectivity index is 1.65. The number of amides is 1. The quantitative estimate of drug-likeness (QED) is 0.318. The monoisotopic (exact) mass is 487 g/mol. The van der Waals surface area contributed by atoms with E-state index in [-0.39, 0.29) is 11.9 Å². The van der Waals surface area contributed by atoms with Gasteiger partial charge in [-0.05, 0) is 49.2 Å². The molecule has 0 saturated heterocycles. The van der Waals surface area contributed by atoms with E-state index in [9.17, 15) is 4.79 Å². The number of nitrogens with one attached hydrogen (secondary N) is 1. The largest absolute Gasteiger partial charge is 0.490 e. The highest BCUT2D eigenvalue weighted by atomic mass is 35.5. The van der Waals surface area contributed by atoms with Crippen LogP contribution < -0.4 is 9.47 Å². The van der Waals surface area contributed by atoms with Gasteiger partial charge in [0.1, 0.15) is 5.69 Å². The van der Waals surface area contributed by atoms with Gasteiger partial charge in [-0.1, -0.05) is 60.1 Å². The smallest absolute Gasteiger partial charge is 0.273 e. The Labute approximate surface area is 209 Å². The molecule has 1 amide bonds. The van der Waals surface area contributed by atoms with Gasteiger partial charge in [-0.25, -0.2) is 0 Å². The number of halogens is 1. The van der Waals surface area contributed by atoms with Crippen molar-refractivity contribution in [3.05, 3.63) is 100 Å². The van der Waals surface area contributed by atoms with Crippen molar-refractivity contribution >= 4 is 17.5 Å². The third kappa shape index (κ3) is 4.37.